The Labute approximate surface area is 105 Å². The maximum atomic E-state index is 8.51. The highest BCUT2D eigenvalue weighted by atomic mass is 16.4. The van der Waals surface area contributed by atoms with E-state index in [9.17, 15) is 0 Å². The molecular weight excluding hydrogens is 232 g/mol. The summed E-state index contributed by atoms with van der Waals surface area (Å²) in [5, 5.41) is 11.5. The number of aromatic nitrogens is 3. The average molecular weight is 248 g/mol. The van der Waals surface area contributed by atoms with Gasteiger partial charge >= 0.3 is 0 Å². The lowest BCUT2D eigenvalue weighted by molar-refractivity contribution is 0.317. The van der Waals surface area contributed by atoms with Crippen LogP contribution < -0.4 is 10.6 Å². The molecule has 0 aliphatic carbocycles. The van der Waals surface area contributed by atoms with Gasteiger partial charge in [0.25, 0.3) is 0 Å². The van der Waals surface area contributed by atoms with Gasteiger partial charge in [-0.2, -0.15) is 0 Å². The number of anilines is 1. The molecule has 7 heteroatoms. The third-order valence-corrected chi connectivity index (χ3v) is 2.82. The van der Waals surface area contributed by atoms with Crippen molar-refractivity contribution in [2.75, 3.05) is 18.5 Å². The van der Waals surface area contributed by atoms with Crippen molar-refractivity contribution < 1.29 is 5.21 Å². The number of oxime groups is 1. The molecule has 7 nitrogen and oxygen atoms in total. The highest BCUT2D eigenvalue weighted by Crippen LogP contribution is 2.21. The van der Waals surface area contributed by atoms with E-state index in [1.807, 2.05) is 29.6 Å². The predicted molar refractivity (Wildman–Crippen MR) is 69.8 cm³/mol. The normalized spacial score (nSPS) is 12.0. The molecule has 18 heavy (non-hydrogen) atoms. The Morgan fingerprint density at radius 1 is 1.56 bits per heavy atom. The maximum absolute atomic E-state index is 8.51. The van der Waals surface area contributed by atoms with Crippen LogP contribution in [0.4, 0.5) is 5.82 Å². The molecule has 0 unspecified atom stereocenters. The number of hydrogen-bond acceptors (Lipinski definition) is 5. The monoisotopic (exact) mass is 248 g/mol. The molecule has 2 aromatic rings. The molecule has 2 rings (SSSR count). The van der Waals surface area contributed by atoms with Crippen LogP contribution in [-0.4, -0.2) is 39.2 Å². The molecule has 0 spiro atoms. The van der Waals surface area contributed by atoms with Crippen LogP contribution in [0.2, 0.25) is 0 Å². The number of pyridine rings is 1. The fourth-order valence-corrected chi connectivity index (χ4v) is 1.77. The summed E-state index contributed by atoms with van der Waals surface area (Å²) in [6, 6.07) is 1.92. The maximum Gasteiger partial charge on any atom is 0.156 e. The van der Waals surface area contributed by atoms with Gasteiger partial charge in [0.1, 0.15) is 11.4 Å². The zero-order chi connectivity index (χ0) is 13.1. The van der Waals surface area contributed by atoms with Crippen molar-refractivity contribution in [1.29, 1.82) is 0 Å². The first-order valence-electron chi connectivity index (χ1n) is 5.57. The van der Waals surface area contributed by atoms with E-state index in [2.05, 4.69) is 15.1 Å². The molecule has 0 radical (unpaired) electrons. The van der Waals surface area contributed by atoms with E-state index >= 15 is 0 Å². The standard InChI is InChI=1S/C11H16N6O/c1-16(6-4-9(12)15-18)11-10-8(3-5-13-11)17(2)7-14-10/h3,5,7,18H,4,6H2,1-2H3,(H2,12,15). The lowest BCUT2D eigenvalue weighted by atomic mass is 10.3. The van der Waals surface area contributed by atoms with Crippen molar-refractivity contribution in [3.8, 4) is 0 Å². The van der Waals surface area contributed by atoms with Crippen LogP contribution in [0.5, 0.6) is 0 Å². The van der Waals surface area contributed by atoms with Crippen LogP contribution in [0, 0.1) is 0 Å². The van der Waals surface area contributed by atoms with Gasteiger partial charge in [-0.15, -0.1) is 0 Å². The Hall–Kier alpha value is -2.31. The highest BCUT2D eigenvalue weighted by Gasteiger charge is 2.11. The first kappa shape index (κ1) is 12.2. The van der Waals surface area contributed by atoms with Gasteiger partial charge in [0.15, 0.2) is 5.82 Å². The van der Waals surface area contributed by atoms with Crippen LogP contribution >= 0.6 is 0 Å². The minimum atomic E-state index is 0.204. The van der Waals surface area contributed by atoms with Crippen LogP contribution in [0.1, 0.15) is 6.42 Å². The number of hydrogen-bond donors (Lipinski definition) is 2. The van der Waals surface area contributed by atoms with Gasteiger partial charge < -0.3 is 20.4 Å². The van der Waals surface area contributed by atoms with Gasteiger partial charge in [-0.1, -0.05) is 5.16 Å². The number of rotatable bonds is 4. The van der Waals surface area contributed by atoms with Gasteiger partial charge in [-0.25, -0.2) is 9.97 Å². The summed E-state index contributed by atoms with van der Waals surface area (Å²) in [6.07, 6.45) is 3.98. The number of nitrogens with zero attached hydrogens (tertiary/aromatic N) is 5. The van der Waals surface area contributed by atoms with Crippen molar-refractivity contribution in [3.63, 3.8) is 0 Å². The fourth-order valence-electron chi connectivity index (χ4n) is 1.77. The summed E-state index contributed by atoms with van der Waals surface area (Å²) >= 11 is 0. The van der Waals surface area contributed by atoms with E-state index in [0.717, 1.165) is 16.9 Å². The summed E-state index contributed by atoms with van der Waals surface area (Å²) in [7, 11) is 3.84. The van der Waals surface area contributed by atoms with Crippen molar-refractivity contribution in [1.82, 2.24) is 14.5 Å². The Kier molecular flexibility index (Phi) is 3.31. The molecule has 2 heterocycles. The topological polar surface area (TPSA) is 92.6 Å². The van der Waals surface area contributed by atoms with Gasteiger partial charge in [-0.3, -0.25) is 0 Å². The van der Waals surface area contributed by atoms with Crippen molar-refractivity contribution in [3.05, 3.63) is 18.6 Å². The first-order chi connectivity index (χ1) is 8.63. The Morgan fingerprint density at radius 3 is 3.06 bits per heavy atom. The largest absolute Gasteiger partial charge is 0.409 e. The smallest absolute Gasteiger partial charge is 0.156 e. The van der Waals surface area contributed by atoms with Crippen molar-refractivity contribution >= 4 is 22.7 Å². The minimum absolute atomic E-state index is 0.204. The molecule has 2 aromatic heterocycles. The molecule has 0 saturated carbocycles. The van der Waals surface area contributed by atoms with E-state index in [-0.39, 0.29) is 5.84 Å². The number of aryl methyl sites for hydroxylation is 1. The van der Waals surface area contributed by atoms with E-state index in [0.29, 0.717) is 13.0 Å². The second-order valence-electron chi connectivity index (χ2n) is 4.12. The molecular formula is C11H16N6O. The minimum Gasteiger partial charge on any atom is -0.409 e. The molecule has 0 fully saturated rings. The second kappa shape index (κ2) is 4.91. The highest BCUT2D eigenvalue weighted by molar-refractivity contribution is 5.86. The summed E-state index contributed by atoms with van der Waals surface area (Å²) in [5.74, 6) is 0.994. The fraction of sp³-hybridized carbons (Fsp3) is 0.364. The molecule has 0 atom stereocenters. The third-order valence-electron chi connectivity index (χ3n) is 2.82. The summed E-state index contributed by atoms with van der Waals surface area (Å²) in [6.45, 7) is 0.610. The summed E-state index contributed by atoms with van der Waals surface area (Å²) < 4.78 is 1.94. The van der Waals surface area contributed by atoms with Gasteiger partial charge in [0.05, 0.1) is 11.8 Å². The molecule has 96 valence electrons. The summed E-state index contributed by atoms with van der Waals surface area (Å²) in [4.78, 5) is 10.6. The van der Waals surface area contributed by atoms with E-state index < -0.39 is 0 Å². The zero-order valence-electron chi connectivity index (χ0n) is 10.4. The molecule has 0 aromatic carbocycles. The molecule has 0 aliphatic heterocycles. The Bertz CT molecular complexity index is 576. The summed E-state index contributed by atoms with van der Waals surface area (Å²) in [5.41, 5.74) is 7.32. The van der Waals surface area contributed by atoms with Crippen LogP contribution in [0.3, 0.4) is 0 Å². The van der Waals surface area contributed by atoms with E-state index in [1.165, 1.54) is 0 Å². The molecule has 0 aliphatic rings. The number of amidine groups is 1. The molecule has 0 bridgehead atoms. The predicted octanol–water partition coefficient (Wildman–Crippen LogP) is 0.541. The van der Waals surface area contributed by atoms with Crippen LogP contribution in [0.25, 0.3) is 11.0 Å². The van der Waals surface area contributed by atoms with E-state index in [1.54, 1.807) is 12.5 Å². The van der Waals surface area contributed by atoms with Crippen molar-refractivity contribution in [2.45, 2.75) is 6.42 Å². The first-order valence-corrected chi connectivity index (χ1v) is 5.57. The van der Waals surface area contributed by atoms with Crippen molar-refractivity contribution in [2.24, 2.45) is 17.9 Å². The Morgan fingerprint density at radius 2 is 2.33 bits per heavy atom. The number of imidazole rings is 1. The van der Waals surface area contributed by atoms with Crippen LogP contribution in [0.15, 0.2) is 23.7 Å². The molecule has 0 saturated heterocycles. The quantitative estimate of drug-likeness (QED) is 0.356. The SMILES string of the molecule is CN(CC/C(N)=N/O)c1nccc2c1ncn2C. The van der Waals surface area contributed by atoms with E-state index in [4.69, 9.17) is 10.9 Å². The Balaban J connectivity index is 2.25. The lowest BCUT2D eigenvalue weighted by Gasteiger charge is -2.17. The number of nitrogens with two attached hydrogens (primary N) is 1. The van der Waals surface area contributed by atoms with Gasteiger partial charge in [0.2, 0.25) is 0 Å². The third kappa shape index (κ3) is 2.20. The average Bonchev–Trinajstić information content (AvgIpc) is 2.77. The van der Waals surface area contributed by atoms with Gasteiger partial charge in [-0.05, 0) is 6.07 Å². The molecule has 0 amide bonds. The zero-order valence-corrected chi connectivity index (χ0v) is 10.4. The van der Waals surface area contributed by atoms with Gasteiger partial charge in [0, 0.05) is 33.3 Å². The molecule has 3 N–H and O–H groups in total. The van der Waals surface area contributed by atoms with Crippen LogP contribution in [-0.2, 0) is 7.05 Å². The number of fused-ring (bicyclic) bond motifs is 1. The lowest BCUT2D eigenvalue weighted by Crippen LogP contribution is -2.25. The second-order valence-corrected chi connectivity index (χ2v) is 4.12.